The monoisotopic (exact) mass is 287 g/mol. The van der Waals surface area contributed by atoms with Crippen LogP contribution in [0.25, 0.3) is 16.2 Å². The SMILES string of the molecule is Cc1csc2nc(-c3ccc4c(c3)OCO4)c(CN)n12. The van der Waals surface area contributed by atoms with Crippen LogP contribution in [0.3, 0.4) is 0 Å². The molecule has 20 heavy (non-hydrogen) atoms. The van der Waals surface area contributed by atoms with E-state index in [1.807, 2.05) is 18.2 Å². The predicted octanol–water partition coefficient (Wildman–Crippen LogP) is 2.56. The fraction of sp³-hybridized carbons (Fsp3) is 0.214. The van der Waals surface area contributed by atoms with Crippen molar-refractivity contribution in [1.29, 1.82) is 0 Å². The molecule has 1 aliphatic rings. The Labute approximate surface area is 119 Å². The molecule has 6 heteroatoms. The minimum absolute atomic E-state index is 0.278. The number of nitrogens with zero attached hydrogens (tertiary/aromatic N) is 2. The Bertz CT molecular complexity index is 806. The number of hydrogen-bond acceptors (Lipinski definition) is 5. The van der Waals surface area contributed by atoms with Crippen LogP contribution >= 0.6 is 11.3 Å². The summed E-state index contributed by atoms with van der Waals surface area (Å²) < 4.78 is 12.9. The number of hydrogen-bond donors (Lipinski definition) is 1. The largest absolute Gasteiger partial charge is 0.454 e. The van der Waals surface area contributed by atoms with Crippen molar-refractivity contribution in [3.63, 3.8) is 0 Å². The lowest BCUT2D eigenvalue weighted by atomic mass is 10.1. The molecule has 102 valence electrons. The van der Waals surface area contributed by atoms with E-state index in [-0.39, 0.29) is 6.79 Å². The molecule has 0 unspecified atom stereocenters. The molecule has 3 heterocycles. The van der Waals surface area contributed by atoms with Crippen LogP contribution in [0.1, 0.15) is 11.4 Å². The summed E-state index contributed by atoms with van der Waals surface area (Å²) >= 11 is 1.62. The number of benzene rings is 1. The van der Waals surface area contributed by atoms with Crippen molar-refractivity contribution in [1.82, 2.24) is 9.38 Å². The van der Waals surface area contributed by atoms with Crippen LogP contribution < -0.4 is 15.2 Å². The van der Waals surface area contributed by atoms with Crippen molar-refractivity contribution in [3.8, 4) is 22.8 Å². The van der Waals surface area contributed by atoms with Gasteiger partial charge in [0.2, 0.25) is 6.79 Å². The zero-order valence-corrected chi connectivity index (χ0v) is 11.7. The number of imidazole rings is 1. The molecule has 0 saturated carbocycles. The summed E-state index contributed by atoms with van der Waals surface area (Å²) in [6, 6.07) is 5.87. The third-order valence-electron chi connectivity index (χ3n) is 3.47. The van der Waals surface area contributed by atoms with E-state index in [0.717, 1.165) is 39.1 Å². The van der Waals surface area contributed by atoms with E-state index in [4.69, 9.17) is 20.2 Å². The first-order valence-electron chi connectivity index (χ1n) is 6.33. The molecule has 5 nitrogen and oxygen atoms in total. The van der Waals surface area contributed by atoms with Gasteiger partial charge in [-0.25, -0.2) is 4.98 Å². The molecule has 4 rings (SSSR count). The molecule has 0 saturated heterocycles. The lowest BCUT2D eigenvalue weighted by molar-refractivity contribution is 0.174. The number of fused-ring (bicyclic) bond motifs is 2. The fourth-order valence-electron chi connectivity index (χ4n) is 2.53. The van der Waals surface area contributed by atoms with E-state index in [1.54, 1.807) is 11.3 Å². The minimum Gasteiger partial charge on any atom is -0.454 e. The van der Waals surface area contributed by atoms with Crippen molar-refractivity contribution in [2.75, 3.05) is 6.79 Å². The van der Waals surface area contributed by atoms with Crippen molar-refractivity contribution in [3.05, 3.63) is 35.0 Å². The Morgan fingerprint density at radius 3 is 3.05 bits per heavy atom. The van der Waals surface area contributed by atoms with Crippen LogP contribution in [0.4, 0.5) is 0 Å². The van der Waals surface area contributed by atoms with Gasteiger partial charge >= 0.3 is 0 Å². The first-order chi connectivity index (χ1) is 9.78. The summed E-state index contributed by atoms with van der Waals surface area (Å²) in [4.78, 5) is 5.67. The van der Waals surface area contributed by atoms with Crippen LogP contribution in [0.2, 0.25) is 0 Å². The summed E-state index contributed by atoms with van der Waals surface area (Å²) in [5.41, 5.74) is 10.0. The van der Waals surface area contributed by atoms with E-state index in [1.165, 1.54) is 0 Å². The standard InChI is InChI=1S/C14H13N3O2S/c1-8-6-20-14-16-13(10(5-15)17(8)14)9-2-3-11-12(4-9)19-7-18-11/h2-4,6H,5,7,15H2,1H3. The molecule has 0 radical (unpaired) electrons. The van der Waals surface area contributed by atoms with Gasteiger partial charge in [-0.2, -0.15) is 0 Å². The van der Waals surface area contributed by atoms with Gasteiger partial charge in [-0.3, -0.25) is 4.40 Å². The van der Waals surface area contributed by atoms with E-state index in [2.05, 4.69) is 16.7 Å². The number of ether oxygens (including phenoxy) is 2. The normalized spacial score (nSPS) is 13.3. The van der Waals surface area contributed by atoms with Crippen molar-refractivity contribution in [2.45, 2.75) is 13.5 Å². The van der Waals surface area contributed by atoms with Crippen LogP contribution in [0.15, 0.2) is 23.6 Å². The molecule has 0 fully saturated rings. The number of thiazole rings is 1. The van der Waals surface area contributed by atoms with E-state index >= 15 is 0 Å². The summed E-state index contributed by atoms with van der Waals surface area (Å²) in [5, 5.41) is 2.09. The third kappa shape index (κ3) is 1.55. The second-order valence-corrected chi connectivity index (χ2v) is 5.51. The first-order valence-corrected chi connectivity index (χ1v) is 7.21. The molecule has 1 aliphatic heterocycles. The molecule has 3 aromatic rings. The molecule has 0 spiro atoms. The first kappa shape index (κ1) is 11.7. The Kier molecular flexibility index (Phi) is 2.48. The zero-order chi connectivity index (χ0) is 13.7. The summed E-state index contributed by atoms with van der Waals surface area (Å²) in [6.45, 7) is 2.79. The Morgan fingerprint density at radius 1 is 1.35 bits per heavy atom. The molecule has 0 atom stereocenters. The Balaban J connectivity index is 1.93. The maximum absolute atomic E-state index is 5.93. The van der Waals surface area contributed by atoms with Crippen molar-refractivity contribution < 1.29 is 9.47 Å². The lowest BCUT2D eigenvalue weighted by Crippen LogP contribution is -2.03. The quantitative estimate of drug-likeness (QED) is 0.787. The van der Waals surface area contributed by atoms with Crippen LogP contribution in [0, 0.1) is 6.92 Å². The topological polar surface area (TPSA) is 61.8 Å². The van der Waals surface area contributed by atoms with Gasteiger partial charge in [0.05, 0.1) is 11.4 Å². The van der Waals surface area contributed by atoms with E-state index in [9.17, 15) is 0 Å². The Hall–Kier alpha value is -2.05. The van der Waals surface area contributed by atoms with Crippen LogP contribution in [0.5, 0.6) is 11.5 Å². The molecule has 1 aromatic carbocycles. The summed E-state index contributed by atoms with van der Waals surface area (Å²) in [5.74, 6) is 1.54. The predicted molar refractivity (Wildman–Crippen MR) is 77.3 cm³/mol. The maximum atomic E-state index is 5.93. The zero-order valence-electron chi connectivity index (χ0n) is 10.9. The minimum atomic E-state index is 0.278. The van der Waals surface area contributed by atoms with E-state index in [0.29, 0.717) is 6.54 Å². The van der Waals surface area contributed by atoms with Crippen LogP contribution in [-0.2, 0) is 6.54 Å². The fourth-order valence-corrected chi connectivity index (χ4v) is 3.41. The number of nitrogens with two attached hydrogens (primary N) is 1. The average molecular weight is 287 g/mol. The number of aryl methyl sites for hydroxylation is 1. The number of rotatable bonds is 2. The highest BCUT2D eigenvalue weighted by atomic mass is 32.1. The molecular weight excluding hydrogens is 274 g/mol. The van der Waals surface area contributed by atoms with Gasteiger partial charge in [-0.05, 0) is 25.1 Å². The van der Waals surface area contributed by atoms with Gasteiger partial charge in [0.1, 0.15) is 0 Å². The third-order valence-corrected chi connectivity index (χ3v) is 4.41. The smallest absolute Gasteiger partial charge is 0.231 e. The summed E-state index contributed by atoms with van der Waals surface area (Å²) in [6.07, 6.45) is 0. The van der Waals surface area contributed by atoms with Gasteiger partial charge in [-0.15, -0.1) is 11.3 Å². The van der Waals surface area contributed by atoms with Gasteiger partial charge < -0.3 is 15.2 Å². The molecular formula is C14H13N3O2S. The molecule has 0 aliphatic carbocycles. The Morgan fingerprint density at radius 2 is 2.20 bits per heavy atom. The van der Waals surface area contributed by atoms with Gasteiger partial charge in [0.15, 0.2) is 16.5 Å². The lowest BCUT2D eigenvalue weighted by Gasteiger charge is -2.04. The maximum Gasteiger partial charge on any atom is 0.231 e. The van der Waals surface area contributed by atoms with E-state index < -0.39 is 0 Å². The van der Waals surface area contributed by atoms with Gasteiger partial charge in [0, 0.05) is 23.2 Å². The molecule has 0 bridgehead atoms. The second kappa shape index (κ2) is 4.22. The van der Waals surface area contributed by atoms with Crippen molar-refractivity contribution >= 4 is 16.3 Å². The number of aromatic nitrogens is 2. The van der Waals surface area contributed by atoms with Gasteiger partial charge in [-0.1, -0.05) is 0 Å². The molecule has 2 aromatic heterocycles. The van der Waals surface area contributed by atoms with Crippen LogP contribution in [-0.4, -0.2) is 16.2 Å². The van der Waals surface area contributed by atoms with Gasteiger partial charge in [0.25, 0.3) is 0 Å². The highest BCUT2D eigenvalue weighted by Gasteiger charge is 2.19. The molecule has 2 N–H and O–H groups in total. The highest BCUT2D eigenvalue weighted by Crippen LogP contribution is 2.37. The van der Waals surface area contributed by atoms with Crippen molar-refractivity contribution in [2.24, 2.45) is 5.73 Å². The average Bonchev–Trinajstić information content (AvgIpc) is 3.14. The summed E-state index contributed by atoms with van der Waals surface area (Å²) in [7, 11) is 0. The molecule has 0 amide bonds. The highest BCUT2D eigenvalue weighted by molar-refractivity contribution is 7.15. The second-order valence-electron chi connectivity index (χ2n) is 4.67.